The molecule has 0 radical (unpaired) electrons. The van der Waals surface area contributed by atoms with Gasteiger partial charge in [0.2, 0.25) is 0 Å². The van der Waals surface area contributed by atoms with Crippen molar-refractivity contribution >= 4 is 27.4 Å². The van der Waals surface area contributed by atoms with Crippen LogP contribution in [0.4, 0.5) is 0 Å². The zero-order valence-electron chi connectivity index (χ0n) is 10.2. The summed E-state index contributed by atoms with van der Waals surface area (Å²) in [6.07, 6.45) is 2.34. The topological polar surface area (TPSA) is 89.3 Å². The number of hydrogen-bond acceptors (Lipinski definition) is 4. The molecule has 8 heteroatoms. The van der Waals surface area contributed by atoms with E-state index < -0.39 is 15.8 Å². The van der Waals surface area contributed by atoms with Gasteiger partial charge in [-0.1, -0.05) is 24.9 Å². The first-order valence-corrected chi connectivity index (χ1v) is 7.86. The standard InChI is InChI=1S/C10H15ClN2O4S/c1-3-4-7-8(10(14)15)9(11)13(12-7)5-6-18(2,16)17/h3-6H2,1-2H3,(H,14,15). The zero-order chi connectivity index (χ0) is 13.9. The Morgan fingerprint density at radius 1 is 1.50 bits per heavy atom. The van der Waals surface area contributed by atoms with Crippen molar-refractivity contribution in [2.45, 2.75) is 26.3 Å². The van der Waals surface area contributed by atoms with Crippen molar-refractivity contribution in [3.63, 3.8) is 0 Å². The molecule has 102 valence electrons. The number of nitrogens with zero attached hydrogens (tertiary/aromatic N) is 2. The molecule has 0 saturated heterocycles. The van der Waals surface area contributed by atoms with E-state index in [1.165, 1.54) is 4.68 Å². The summed E-state index contributed by atoms with van der Waals surface area (Å²) < 4.78 is 23.4. The van der Waals surface area contributed by atoms with Gasteiger partial charge >= 0.3 is 5.97 Å². The van der Waals surface area contributed by atoms with Gasteiger partial charge in [0.15, 0.2) is 0 Å². The van der Waals surface area contributed by atoms with E-state index >= 15 is 0 Å². The zero-order valence-corrected chi connectivity index (χ0v) is 11.8. The van der Waals surface area contributed by atoms with Crippen LogP contribution in [-0.4, -0.2) is 41.3 Å². The summed E-state index contributed by atoms with van der Waals surface area (Å²) in [6, 6.07) is 0. The first-order valence-electron chi connectivity index (χ1n) is 5.42. The summed E-state index contributed by atoms with van der Waals surface area (Å²) in [5.74, 6) is -1.27. The highest BCUT2D eigenvalue weighted by Crippen LogP contribution is 2.21. The van der Waals surface area contributed by atoms with E-state index in [1.807, 2.05) is 6.92 Å². The molecule has 0 aromatic carbocycles. The third-order valence-corrected chi connectivity index (χ3v) is 3.65. The average Bonchev–Trinajstić information content (AvgIpc) is 2.52. The lowest BCUT2D eigenvalue weighted by atomic mass is 10.2. The molecule has 6 nitrogen and oxygen atoms in total. The number of aryl methyl sites for hydroxylation is 2. The molecule has 18 heavy (non-hydrogen) atoms. The van der Waals surface area contributed by atoms with Crippen molar-refractivity contribution in [1.29, 1.82) is 0 Å². The quantitative estimate of drug-likeness (QED) is 0.852. The van der Waals surface area contributed by atoms with E-state index in [0.29, 0.717) is 12.1 Å². The van der Waals surface area contributed by atoms with Gasteiger partial charge in [-0.3, -0.25) is 4.68 Å². The maximum Gasteiger partial charge on any atom is 0.340 e. The van der Waals surface area contributed by atoms with Crippen LogP contribution in [0.25, 0.3) is 0 Å². The highest BCUT2D eigenvalue weighted by Gasteiger charge is 2.21. The first-order chi connectivity index (χ1) is 8.26. The van der Waals surface area contributed by atoms with Crippen LogP contribution < -0.4 is 0 Å². The van der Waals surface area contributed by atoms with Crippen LogP contribution in [0.2, 0.25) is 5.15 Å². The number of sulfone groups is 1. The number of carboxylic acids is 1. The van der Waals surface area contributed by atoms with E-state index in [0.717, 1.165) is 12.7 Å². The number of rotatable bonds is 6. The highest BCUT2D eigenvalue weighted by atomic mass is 35.5. The molecule has 0 aliphatic carbocycles. The number of aromatic carboxylic acids is 1. The summed E-state index contributed by atoms with van der Waals surface area (Å²) in [4.78, 5) is 11.1. The normalized spacial score (nSPS) is 11.7. The Kier molecular flexibility index (Phi) is 4.75. The Bertz CT molecular complexity index is 550. The number of halogens is 1. The van der Waals surface area contributed by atoms with Crippen LogP contribution in [0.1, 0.15) is 29.4 Å². The smallest absolute Gasteiger partial charge is 0.340 e. The second kappa shape index (κ2) is 5.71. The number of carboxylic acid groups (broad SMARTS) is 1. The molecule has 0 atom stereocenters. The second-order valence-electron chi connectivity index (χ2n) is 4.02. The summed E-state index contributed by atoms with van der Waals surface area (Å²) in [5.41, 5.74) is 0.357. The molecule has 0 aliphatic rings. The lowest BCUT2D eigenvalue weighted by Gasteiger charge is -2.01. The molecular weight excluding hydrogens is 280 g/mol. The maximum absolute atomic E-state index is 11.1. The molecule has 1 rings (SSSR count). The molecule has 1 aromatic rings. The molecule has 1 heterocycles. The van der Waals surface area contributed by atoms with Crippen LogP contribution in [0.5, 0.6) is 0 Å². The minimum absolute atomic E-state index is 0.0189. The number of hydrogen-bond donors (Lipinski definition) is 1. The van der Waals surface area contributed by atoms with Gasteiger partial charge in [-0.05, 0) is 6.42 Å². The lowest BCUT2D eigenvalue weighted by Crippen LogP contribution is -2.12. The first kappa shape index (κ1) is 15.0. The van der Waals surface area contributed by atoms with Crippen LogP contribution in [0.3, 0.4) is 0 Å². The van der Waals surface area contributed by atoms with Crippen molar-refractivity contribution in [3.05, 3.63) is 16.4 Å². The Morgan fingerprint density at radius 2 is 2.11 bits per heavy atom. The summed E-state index contributed by atoms with van der Waals surface area (Å²) >= 11 is 5.91. The fraction of sp³-hybridized carbons (Fsp3) is 0.600. The van der Waals surface area contributed by atoms with E-state index in [4.69, 9.17) is 16.7 Å². The molecular formula is C10H15ClN2O4S. The van der Waals surface area contributed by atoms with Crippen molar-refractivity contribution in [1.82, 2.24) is 9.78 Å². The van der Waals surface area contributed by atoms with Gasteiger partial charge in [0.05, 0.1) is 18.0 Å². The van der Waals surface area contributed by atoms with Crippen molar-refractivity contribution in [2.24, 2.45) is 0 Å². The van der Waals surface area contributed by atoms with Crippen molar-refractivity contribution in [3.8, 4) is 0 Å². The Hall–Kier alpha value is -1.08. The molecule has 0 aliphatic heterocycles. The van der Waals surface area contributed by atoms with Crippen molar-refractivity contribution in [2.75, 3.05) is 12.0 Å². The van der Waals surface area contributed by atoms with Crippen LogP contribution in [0, 0.1) is 0 Å². The molecule has 1 aromatic heterocycles. The van der Waals surface area contributed by atoms with Gasteiger partial charge in [-0.25, -0.2) is 13.2 Å². The molecule has 0 amide bonds. The summed E-state index contributed by atoms with van der Waals surface area (Å²) in [7, 11) is -3.14. The molecule has 0 spiro atoms. The van der Waals surface area contributed by atoms with Crippen molar-refractivity contribution < 1.29 is 18.3 Å². The molecule has 0 bridgehead atoms. The maximum atomic E-state index is 11.1. The lowest BCUT2D eigenvalue weighted by molar-refractivity contribution is 0.0696. The predicted molar refractivity (Wildman–Crippen MR) is 67.9 cm³/mol. The monoisotopic (exact) mass is 294 g/mol. The fourth-order valence-electron chi connectivity index (χ4n) is 1.51. The summed E-state index contributed by atoms with van der Waals surface area (Å²) in [6.45, 7) is 1.96. The summed E-state index contributed by atoms with van der Waals surface area (Å²) in [5, 5.41) is 13.1. The second-order valence-corrected chi connectivity index (χ2v) is 6.64. The largest absolute Gasteiger partial charge is 0.478 e. The van der Waals surface area contributed by atoms with Gasteiger partial charge in [0.1, 0.15) is 20.6 Å². The van der Waals surface area contributed by atoms with Gasteiger partial charge in [0.25, 0.3) is 0 Å². The fourth-order valence-corrected chi connectivity index (χ4v) is 2.33. The third-order valence-electron chi connectivity index (χ3n) is 2.34. The van der Waals surface area contributed by atoms with Gasteiger partial charge in [-0.2, -0.15) is 5.10 Å². The molecule has 0 saturated carbocycles. The predicted octanol–water partition coefficient (Wildman–Crippen LogP) is 1.23. The number of carbonyl (C=O) groups is 1. The Balaban J connectivity index is 3.07. The average molecular weight is 295 g/mol. The van der Waals surface area contributed by atoms with Gasteiger partial charge in [-0.15, -0.1) is 0 Å². The van der Waals surface area contributed by atoms with E-state index in [-0.39, 0.29) is 23.0 Å². The van der Waals surface area contributed by atoms with E-state index in [9.17, 15) is 13.2 Å². The molecule has 0 unspecified atom stereocenters. The highest BCUT2D eigenvalue weighted by molar-refractivity contribution is 7.90. The van der Waals surface area contributed by atoms with Crippen LogP contribution in [-0.2, 0) is 22.8 Å². The van der Waals surface area contributed by atoms with Gasteiger partial charge < -0.3 is 5.11 Å². The molecule has 0 fully saturated rings. The third kappa shape index (κ3) is 3.71. The number of aromatic nitrogens is 2. The minimum Gasteiger partial charge on any atom is -0.478 e. The van der Waals surface area contributed by atoms with Gasteiger partial charge in [0, 0.05) is 6.26 Å². The Labute approximate surface area is 110 Å². The SMILES string of the molecule is CCCc1nn(CCS(C)(=O)=O)c(Cl)c1C(=O)O. The van der Waals surface area contributed by atoms with E-state index in [2.05, 4.69) is 5.10 Å². The van der Waals surface area contributed by atoms with E-state index in [1.54, 1.807) is 0 Å². The minimum atomic E-state index is -3.14. The molecule has 1 N–H and O–H groups in total. The van der Waals surface area contributed by atoms with Crippen LogP contribution in [0.15, 0.2) is 0 Å². The Morgan fingerprint density at radius 3 is 2.56 bits per heavy atom. The van der Waals surface area contributed by atoms with Crippen LogP contribution >= 0.6 is 11.6 Å².